The molecule has 1 heterocycles. The molecule has 2 aromatic rings. The molecule has 0 radical (unpaired) electrons. The number of anilines is 1. The van der Waals surface area contributed by atoms with E-state index in [1.54, 1.807) is 24.3 Å². The van der Waals surface area contributed by atoms with Gasteiger partial charge in [-0.25, -0.2) is 8.42 Å². The van der Waals surface area contributed by atoms with Gasteiger partial charge in [-0.3, -0.25) is 4.72 Å². The second-order valence-electron chi connectivity index (χ2n) is 5.41. The van der Waals surface area contributed by atoms with Crippen LogP contribution in [0.5, 0.6) is 0 Å². The lowest BCUT2D eigenvalue weighted by Gasteiger charge is -2.12. The van der Waals surface area contributed by atoms with Crippen LogP contribution in [0.2, 0.25) is 10.0 Å². The molecule has 122 valence electrons. The lowest BCUT2D eigenvalue weighted by Crippen LogP contribution is -2.16. The Morgan fingerprint density at radius 3 is 2.43 bits per heavy atom. The molecular weight excluding hydrogens is 355 g/mol. The van der Waals surface area contributed by atoms with Crippen molar-refractivity contribution in [2.45, 2.75) is 17.7 Å². The average molecular weight is 371 g/mol. The van der Waals surface area contributed by atoms with Gasteiger partial charge in [-0.15, -0.1) is 0 Å². The molecule has 4 nitrogen and oxygen atoms in total. The van der Waals surface area contributed by atoms with E-state index in [0.717, 1.165) is 31.5 Å². The molecule has 0 aromatic heterocycles. The van der Waals surface area contributed by atoms with Crippen LogP contribution in [-0.2, 0) is 22.9 Å². The van der Waals surface area contributed by atoms with Gasteiger partial charge in [-0.2, -0.15) is 0 Å². The summed E-state index contributed by atoms with van der Waals surface area (Å²) in [6, 6.07) is 9.92. The molecule has 1 aliphatic rings. The van der Waals surface area contributed by atoms with Gasteiger partial charge in [0.15, 0.2) is 0 Å². The Kier molecular flexibility index (Phi) is 4.82. The summed E-state index contributed by atoms with van der Waals surface area (Å²) < 4.78 is 27.7. The fourth-order valence-electron chi connectivity index (χ4n) is 2.59. The number of rotatable bonds is 3. The van der Waals surface area contributed by atoms with Gasteiger partial charge in [0.05, 0.1) is 15.6 Å². The van der Waals surface area contributed by atoms with Crippen LogP contribution < -0.4 is 10.0 Å². The first kappa shape index (κ1) is 16.6. The minimum absolute atomic E-state index is 0.240. The maximum absolute atomic E-state index is 12.6. The van der Waals surface area contributed by atoms with E-state index < -0.39 is 10.0 Å². The van der Waals surface area contributed by atoms with Crippen LogP contribution in [0, 0.1) is 0 Å². The summed E-state index contributed by atoms with van der Waals surface area (Å²) in [6.45, 7) is 1.77. The summed E-state index contributed by atoms with van der Waals surface area (Å²) in [5.41, 5.74) is 2.58. The molecule has 0 spiro atoms. The Morgan fingerprint density at radius 2 is 1.70 bits per heavy atom. The number of hydrogen-bond acceptors (Lipinski definition) is 3. The lowest BCUT2D eigenvalue weighted by molar-refractivity contribution is 0.601. The summed E-state index contributed by atoms with van der Waals surface area (Å²) in [5.74, 6) is 0. The zero-order valence-corrected chi connectivity index (χ0v) is 14.6. The molecule has 0 saturated carbocycles. The van der Waals surface area contributed by atoms with Crippen LogP contribution in [0.4, 0.5) is 5.69 Å². The van der Waals surface area contributed by atoms with Crippen molar-refractivity contribution in [2.24, 2.45) is 0 Å². The zero-order chi connectivity index (χ0) is 16.4. The SMILES string of the molecule is O=S(=O)(Nc1ccc(Cl)cc1Cl)c1ccc2c(c1)CCNCC2. The highest BCUT2D eigenvalue weighted by Gasteiger charge is 2.18. The molecule has 2 aromatic carbocycles. The molecule has 1 aliphatic heterocycles. The highest BCUT2D eigenvalue weighted by molar-refractivity contribution is 7.92. The highest BCUT2D eigenvalue weighted by atomic mass is 35.5. The Labute approximate surface area is 145 Å². The van der Waals surface area contributed by atoms with Crippen molar-refractivity contribution in [3.05, 3.63) is 57.6 Å². The summed E-state index contributed by atoms with van der Waals surface area (Å²) in [6.07, 6.45) is 1.73. The molecule has 0 atom stereocenters. The van der Waals surface area contributed by atoms with E-state index in [9.17, 15) is 8.42 Å². The van der Waals surface area contributed by atoms with Gasteiger partial charge in [-0.05, 0) is 67.4 Å². The molecule has 0 unspecified atom stereocenters. The molecular formula is C16H16Cl2N2O2S. The molecule has 3 rings (SSSR count). The third-order valence-corrected chi connectivity index (χ3v) is 5.72. The van der Waals surface area contributed by atoms with Crippen LogP contribution in [0.3, 0.4) is 0 Å². The Morgan fingerprint density at radius 1 is 0.957 bits per heavy atom. The molecule has 0 fully saturated rings. The quantitative estimate of drug-likeness (QED) is 0.869. The Hall–Kier alpha value is -1.27. The first-order valence-corrected chi connectivity index (χ1v) is 9.50. The van der Waals surface area contributed by atoms with E-state index in [0.29, 0.717) is 10.7 Å². The van der Waals surface area contributed by atoms with Crippen molar-refractivity contribution < 1.29 is 8.42 Å². The molecule has 0 saturated heterocycles. The van der Waals surface area contributed by atoms with Crippen molar-refractivity contribution in [1.82, 2.24) is 5.32 Å². The molecule has 7 heteroatoms. The summed E-state index contributed by atoms with van der Waals surface area (Å²) in [7, 11) is -3.69. The smallest absolute Gasteiger partial charge is 0.261 e. The summed E-state index contributed by atoms with van der Waals surface area (Å²) in [5, 5.41) is 4.03. The predicted octanol–water partition coefficient (Wildman–Crippen LogP) is 3.48. The fourth-order valence-corrected chi connectivity index (χ4v) is 4.23. The van der Waals surface area contributed by atoms with Crippen LogP contribution in [0.15, 0.2) is 41.3 Å². The highest BCUT2D eigenvalue weighted by Crippen LogP contribution is 2.28. The van der Waals surface area contributed by atoms with Crippen molar-refractivity contribution in [3.8, 4) is 0 Å². The maximum atomic E-state index is 12.6. The van der Waals surface area contributed by atoms with E-state index >= 15 is 0 Å². The van der Waals surface area contributed by atoms with E-state index in [1.165, 1.54) is 11.6 Å². The number of nitrogens with one attached hydrogen (secondary N) is 2. The Balaban J connectivity index is 1.92. The minimum atomic E-state index is -3.69. The van der Waals surface area contributed by atoms with Crippen LogP contribution in [0.1, 0.15) is 11.1 Å². The first-order valence-electron chi connectivity index (χ1n) is 7.26. The first-order chi connectivity index (χ1) is 11.0. The normalized spacial score (nSPS) is 14.9. The second kappa shape index (κ2) is 6.69. The second-order valence-corrected chi connectivity index (χ2v) is 7.94. The maximum Gasteiger partial charge on any atom is 0.261 e. The number of sulfonamides is 1. The summed E-state index contributed by atoms with van der Waals surface area (Å²) in [4.78, 5) is 0.240. The third-order valence-electron chi connectivity index (χ3n) is 3.81. The van der Waals surface area contributed by atoms with Crippen LogP contribution in [0.25, 0.3) is 0 Å². The van der Waals surface area contributed by atoms with Crippen molar-refractivity contribution >= 4 is 38.9 Å². The zero-order valence-electron chi connectivity index (χ0n) is 12.3. The lowest BCUT2D eigenvalue weighted by atomic mass is 10.0. The summed E-state index contributed by atoms with van der Waals surface area (Å²) >= 11 is 11.9. The largest absolute Gasteiger partial charge is 0.316 e. The van der Waals surface area contributed by atoms with Crippen molar-refractivity contribution in [1.29, 1.82) is 0 Å². The topological polar surface area (TPSA) is 58.2 Å². The van der Waals surface area contributed by atoms with E-state index in [1.807, 2.05) is 6.07 Å². The van der Waals surface area contributed by atoms with Crippen molar-refractivity contribution in [3.63, 3.8) is 0 Å². The number of benzene rings is 2. The van der Waals surface area contributed by atoms with E-state index in [-0.39, 0.29) is 9.92 Å². The van der Waals surface area contributed by atoms with Gasteiger partial charge in [-0.1, -0.05) is 29.3 Å². The Bertz CT molecular complexity index is 838. The van der Waals surface area contributed by atoms with Crippen LogP contribution >= 0.6 is 23.2 Å². The van der Waals surface area contributed by atoms with Gasteiger partial charge >= 0.3 is 0 Å². The predicted molar refractivity (Wildman–Crippen MR) is 94.0 cm³/mol. The number of halogens is 2. The van der Waals surface area contributed by atoms with Crippen LogP contribution in [-0.4, -0.2) is 21.5 Å². The van der Waals surface area contributed by atoms with Gasteiger partial charge in [0.2, 0.25) is 0 Å². The molecule has 23 heavy (non-hydrogen) atoms. The molecule has 0 amide bonds. The number of hydrogen-bond donors (Lipinski definition) is 2. The van der Waals surface area contributed by atoms with E-state index in [2.05, 4.69) is 10.0 Å². The minimum Gasteiger partial charge on any atom is -0.316 e. The molecule has 2 N–H and O–H groups in total. The van der Waals surface area contributed by atoms with Gasteiger partial charge in [0.1, 0.15) is 0 Å². The molecule has 0 bridgehead atoms. The van der Waals surface area contributed by atoms with Gasteiger partial charge in [0, 0.05) is 5.02 Å². The average Bonchev–Trinajstić information content (AvgIpc) is 2.74. The van der Waals surface area contributed by atoms with E-state index in [4.69, 9.17) is 23.2 Å². The van der Waals surface area contributed by atoms with Gasteiger partial charge in [0.25, 0.3) is 10.0 Å². The monoisotopic (exact) mass is 370 g/mol. The van der Waals surface area contributed by atoms with Gasteiger partial charge < -0.3 is 5.32 Å². The van der Waals surface area contributed by atoms with Crippen molar-refractivity contribution in [2.75, 3.05) is 17.8 Å². The fraction of sp³-hybridized carbons (Fsp3) is 0.250. The number of fused-ring (bicyclic) bond motifs is 1. The standard InChI is InChI=1S/C16H16Cl2N2O2S/c17-13-2-4-16(15(18)10-13)20-23(21,22)14-3-1-11-5-7-19-8-6-12(11)9-14/h1-4,9-10,19-20H,5-8H2. The molecule has 0 aliphatic carbocycles. The third kappa shape index (κ3) is 3.80.